The standard InChI is InChI=1S/C25H30N4O3S/c26-23(27-19(16-30)15-17-7-3-1-4-8-17)22-24(31)29-33-25(22)28-18-11-13-21(14-12-18)32-20-9-5-2-6-10-20/h2,5-6,9-14,17,19,28,30H,1,3-4,7-8,15-16H2,(H2,26,27)(H,29,31)/t19-/m0/s1. The number of hydrogen-bond acceptors (Lipinski definition) is 6. The zero-order chi connectivity index (χ0) is 23.0. The Morgan fingerprint density at radius 2 is 1.82 bits per heavy atom. The molecule has 0 bridgehead atoms. The third-order valence-corrected chi connectivity index (χ3v) is 6.71. The number of nitrogens with zero attached hydrogens (tertiary/aromatic N) is 1. The van der Waals surface area contributed by atoms with Gasteiger partial charge in [0.25, 0.3) is 5.56 Å². The van der Waals surface area contributed by atoms with E-state index in [9.17, 15) is 9.90 Å². The molecular formula is C25H30N4O3S. The first-order chi connectivity index (χ1) is 16.1. The summed E-state index contributed by atoms with van der Waals surface area (Å²) >= 11 is 1.17. The average Bonchev–Trinajstić information content (AvgIpc) is 3.21. The van der Waals surface area contributed by atoms with E-state index in [1.54, 1.807) is 0 Å². The molecule has 3 aromatic rings. The third kappa shape index (κ3) is 6.24. The quantitative estimate of drug-likeness (QED) is 0.262. The molecule has 1 heterocycles. The van der Waals surface area contributed by atoms with Gasteiger partial charge in [0.1, 0.15) is 27.9 Å². The van der Waals surface area contributed by atoms with Gasteiger partial charge in [-0.1, -0.05) is 50.3 Å². The Morgan fingerprint density at radius 1 is 1.12 bits per heavy atom. The van der Waals surface area contributed by atoms with Crippen LogP contribution in [0.25, 0.3) is 0 Å². The van der Waals surface area contributed by atoms with Crippen molar-refractivity contribution in [3.63, 3.8) is 0 Å². The number of nitrogens with two attached hydrogens (primary N) is 1. The molecule has 0 unspecified atom stereocenters. The molecule has 174 valence electrons. The summed E-state index contributed by atoms with van der Waals surface area (Å²) < 4.78 is 8.55. The van der Waals surface area contributed by atoms with E-state index in [0.717, 1.165) is 17.9 Å². The van der Waals surface area contributed by atoms with Crippen molar-refractivity contribution in [1.82, 2.24) is 4.37 Å². The number of benzene rings is 2. The number of rotatable bonds is 9. The molecule has 1 saturated carbocycles. The summed E-state index contributed by atoms with van der Waals surface area (Å²) in [7, 11) is 0. The van der Waals surface area contributed by atoms with E-state index in [-0.39, 0.29) is 24.0 Å². The van der Waals surface area contributed by atoms with Crippen LogP contribution in [0, 0.1) is 5.92 Å². The molecule has 1 aromatic heterocycles. The van der Waals surface area contributed by atoms with E-state index in [2.05, 4.69) is 14.7 Å². The molecule has 1 aliphatic carbocycles. The lowest BCUT2D eigenvalue weighted by atomic mass is 9.85. The predicted molar refractivity (Wildman–Crippen MR) is 134 cm³/mol. The molecule has 33 heavy (non-hydrogen) atoms. The van der Waals surface area contributed by atoms with Crippen molar-refractivity contribution >= 4 is 28.1 Å². The van der Waals surface area contributed by atoms with Crippen LogP contribution in [0.2, 0.25) is 0 Å². The molecule has 4 rings (SSSR count). The lowest BCUT2D eigenvalue weighted by Crippen LogP contribution is -2.27. The summed E-state index contributed by atoms with van der Waals surface area (Å²) in [6, 6.07) is 16.7. The molecule has 1 aliphatic rings. The van der Waals surface area contributed by atoms with Crippen LogP contribution in [0.1, 0.15) is 44.1 Å². The number of ether oxygens (including phenoxy) is 1. The van der Waals surface area contributed by atoms with Gasteiger partial charge in [-0.25, -0.2) is 0 Å². The number of para-hydroxylation sites is 1. The first kappa shape index (κ1) is 23.1. The zero-order valence-electron chi connectivity index (χ0n) is 18.5. The van der Waals surface area contributed by atoms with E-state index >= 15 is 0 Å². The molecule has 0 amide bonds. The molecule has 0 aliphatic heterocycles. The van der Waals surface area contributed by atoms with Crippen molar-refractivity contribution in [2.24, 2.45) is 16.6 Å². The Kier molecular flexibility index (Phi) is 7.80. The topological polar surface area (TPSA) is 113 Å². The van der Waals surface area contributed by atoms with Crippen LogP contribution in [0.3, 0.4) is 0 Å². The van der Waals surface area contributed by atoms with Crippen molar-refractivity contribution in [2.45, 2.75) is 44.6 Å². The van der Waals surface area contributed by atoms with Crippen LogP contribution in [-0.4, -0.2) is 28.0 Å². The van der Waals surface area contributed by atoms with E-state index < -0.39 is 0 Å². The van der Waals surface area contributed by atoms with Crippen molar-refractivity contribution < 1.29 is 9.84 Å². The van der Waals surface area contributed by atoms with Crippen LogP contribution in [0.15, 0.2) is 64.4 Å². The monoisotopic (exact) mass is 466 g/mol. The first-order valence-corrected chi connectivity index (χ1v) is 12.2. The molecule has 8 heteroatoms. The summed E-state index contributed by atoms with van der Waals surface area (Å²) in [5, 5.41) is 13.7. The van der Waals surface area contributed by atoms with Gasteiger partial charge in [0.2, 0.25) is 0 Å². The highest BCUT2D eigenvalue weighted by molar-refractivity contribution is 7.10. The van der Waals surface area contributed by atoms with Crippen LogP contribution < -0.4 is 21.3 Å². The molecule has 0 spiro atoms. The normalized spacial score (nSPS) is 15.8. The highest BCUT2D eigenvalue weighted by Gasteiger charge is 2.21. The molecule has 1 atom stereocenters. The van der Waals surface area contributed by atoms with Gasteiger partial charge in [0.05, 0.1) is 12.6 Å². The highest BCUT2D eigenvalue weighted by atomic mass is 32.1. The lowest BCUT2D eigenvalue weighted by Gasteiger charge is -2.24. The van der Waals surface area contributed by atoms with E-state index in [4.69, 9.17) is 10.5 Å². The molecule has 2 aromatic carbocycles. The maximum atomic E-state index is 12.5. The van der Waals surface area contributed by atoms with Crippen LogP contribution >= 0.6 is 11.5 Å². The minimum atomic E-state index is -0.297. The second-order valence-corrected chi connectivity index (χ2v) is 9.21. The summed E-state index contributed by atoms with van der Waals surface area (Å²) in [4.78, 5) is 17.0. The highest BCUT2D eigenvalue weighted by Crippen LogP contribution is 2.29. The van der Waals surface area contributed by atoms with Crippen LogP contribution in [-0.2, 0) is 0 Å². The van der Waals surface area contributed by atoms with Gasteiger partial charge in [-0.05, 0) is 60.3 Å². The summed E-state index contributed by atoms with van der Waals surface area (Å²) in [5.41, 5.74) is 7.07. The molecule has 0 radical (unpaired) electrons. The minimum Gasteiger partial charge on any atom is -0.457 e. The number of aliphatic hydroxyl groups excluding tert-OH is 1. The molecule has 1 fully saturated rings. The Labute approximate surface area is 197 Å². The van der Waals surface area contributed by atoms with E-state index in [0.29, 0.717) is 22.2 Å². The fourth-order valence-corrected chi connectivity index (χ4v) is 4.99. The minimum absolute atomic E-state index is 0.0785. The van der Waals surface area contributed by atoms with Crippen LogP contribution in [0.5, 0.6) is 11.5 Å². The Bertz CT molecular complexity index is 1100. The van der Waals surface area contributed by atoms with Gasteiger partial charge in [-0.3, -0.25) is 14.2 Å². The average molecular weight is 467 g/mol. The van der Waals surface area contributed by atoms with Crippen molar-refractivity contribution in [3.8, 4) is 11.5 Å². The summed E-state index contributed by atoms with van der Waals surface area (Å²) in [6.45, 7) is -0.0785. The van der Waals surface area contributed by atoms with Crippen molar-refractivity contribution in [3.05, 3.63) is 70.5 Å². The van der Waals surface area contributed by atoms with Gasteiger partial charge in [0, 0.05) is 5.69 Å². The number of anilines is 2. The summed E-state index contributed by atoms with van der Waals surface area (Å²) in [6.07, 6.45) is 6.88. The molecule has 5 N–H and O–H groups in total. The maximum Gasteiger partial charge on any atom is 0.271 e. The van der Waals surface area contributed by atoms with Crippen LogP contribution in [0.4, 0.5) is 10.7 Å². The number of H-pyrrole nitrogens is 1. The van der Waals surface area contributed by atoms with E-state index in [1.165, 1.54) is 43.6 Å². The Balaban J connectivity index is 1.45. The predicted octanol–water partition coefficient (Wildman–Crippen LogP) is 5.01. The number of aromatic amines is 1. The summed E-state index contributed by atoms with van der Waals surface area (Å²) in [5.74, 6) is 2.19. The fourth-order valence-electron chi connectivity index (χ4n) is 4.22. The van der Waals surface area contributed by atoms with Crippen molar-refractivity contribution in [1.29, 1.82) is 0 Å². The molecule has 7 nitrogen and oxygen atoms in total. The maximum absolute atomic E-state index is 12.5. The second-order valence-electron chi connectivity index (χ2n) is 8.39. The zero-order valence-corrected chi connectivity index (χ0v) is 19.3. The van der Waals surface area contributed by atoms with Gasteiger partial charge in [-0.2, -0.15) is 0 Å². The molecular weight excluding hydrogens is 436 g/mol. The SMILES string of the molecule is NC(=N[C@H](CO)CC1CCCCC1)c1c(Nc2ccc(Oc3ccccc3)cc2)s[nH]c1=O. The lowest BCUT2D eigenvalue weighted by molar-refractivity contribution is 0.229. The second kappa shape index (κ2) is 11.2. The first-order valence-electron chi connectivity index (χ1n) is 11.4. The van der Waals surface area contributed by atoms with E-state index in [1.807, 2.05) is 54.6 Å². The largest absolute Gasteiger partial charge is 0.457 e. The third-order valence-electron chi connectivity index (χ3n) is 5.91. The smallest absolute Gasteiger partial charge is 0.271 e. The van der Waals surface area contributed by atoms with Gasteiger partial charge in [-0.15, -0.1) is 0 Å². The number of hydrogen-bond donors (Lipinski definition) is 4. The van der Waals surface area contributed by atoms with Crippen molar-refractivity contribution in [2.75, 3.05) is 11.9 Å². The number of nitrogens with one attached hydrogen (secondary N) is 2. The van der Waals surface area contributed by atoms with Gasteiger partial charge < -0.3 is 20.9 Å². The Morgan fingerprint density at radius 3 is 2.52 bits per heavy atom. The fraction of sp³-hybridized carbons (Fsp3) is 0.360. The molecule has 0 saturated heterocycles. The number of amidine groups is 1. The Hall–Kier alpha value is -3.10. The number of aliphatic hydroxyl groups is 1. The number of aromatic nitrogens is 1. The van der Waals surface area contributed by atoms with Gasteiger partial charge in [0.15, 0.2) is 0 Å². The number of aliphatic imine (C=N–C) groups is 1. The van der Waals surface area contributed by atoms with Gasteiger partial charge >= 0.3 is 0 Å².